The summed E-state index contributed by atoms with van der Waals surface area (Å²) in [5.74, 6) is -2.13. The van der Waals surface area contributed by atoms with Gasteiger partial charge in [0, 0.05) is 50.7 Å². The number of nitrogens with zero attached hydrogens (tertiary/aromatic N) is 2. The first kappa shape index (κ1) is 20.2. The average molecular weight is 389 g/mol. The van der Waals surface area contributed by atoms with Gasteiger partial charge in [0.05, 0.1) is 5.92 Å². The Morgan fingerprint density at radius 2 is 1.89 bits per heavy atom. The lowest BCUT2D eigenvalue weighted by atomic mass is 9.91. The highest BCUT2D eigenvalue weighted by atomic mass is 16.7. The van der Waals surface area contributed by atoms with Crippen LogP contribution in [0.4, 0.5) is 5.69 Å². The minimum absolute atomic E-state index is 0.144. The van der Waals surface area contributed by atoms with Crippen LogP contribution in [0.5, 0.6) is 0 Å². The minimum atomic E-state index is -0.996. The second-order valence-corrected chi connectivity index (χ2v) is 7.27. The van der Waals surface area contributed by atoms with Gasteiger partial charge in [0.15, 0.2) is 0 Å². The van der Waals surface area contributed by atoms with E-state index >= 15 is 0 Å². The number of anilines is 1. The molecule has 0 aromatic carbocycles. The predicted octanol–water partition coefficient (Wildman–Crippen LogP) is 0.336. The fourth-order valence-electron chi connectivity index (χ4n) is 3.58. The number of ketones is 1. The van der Waals surface area contributed by atoms with E-state index in [0.29, 0.717) is 13.0 Å². The van der Waals surface area contributed by atoms with Gasteiger partial charge in [0.1, 0.15) is 0 Å². The number of hydrogen-bond acceptors (Lipinski definition) is 8. The fourth-order valence-corrected chi connectivity index (χ4v) is 3.58. The maximum atomic E-state index is 12.1. The standard InChI is InChI=1S/C19H27N5O4/c25-17(19(27)28-23-18(26)15-2-1-7-21-22-13-15)12-14-5-10-24(11-6-14)16-3-8-20-9-4-16/h3-4,8-9,14-15,21-22H,1-2,5-7,10-13H2,(H,23,26). The highest BCUT2D eigenvalue weighted by Crippen LogP contribution is 2.25. The molecule has 1 aromatic heterocycles. The molecule has 3 heterocycles. The van der Waals surface area contributed by atoms with Crippen molar-refractivity contribution in [3.05, 3.63) is 24.5 Å². The molecule has 0 radical (unpaired) electrons. The maximum Gasteiger partial charge on any atom is 0.398 e. The quantitative estimate of drug-likeness (QED) is 0.488. The second-order valence-electron chi connectivity index (χ2n) is 7.27. The Bertz CT molecular complexity index is 668. The van der Waals surface area contributed by atoms with Gasteiger partial charge in [-0.3, -0.25) is 25.4 Å². The van der Waals surface area contributed by atoms with Crippen molar-refractivity contribution in [1.82, 2.24) is 21.3 Å². The maximum absolute atomic E-state index is 12.1. The van der Waals surface area contributed by atoms with Crippen molar-refractivity contribution in [2.24, 2.45) is 11.8 Å². The molecule has 1 amide bonds. The van der Waals surface area contributed by atoms with Crippen LogP contribution in [-0.4, -0.2) is 48.8 Å². The van der Waals surface area contributed by atoms with Crippen LogP contribution in [0.15, 0.2) is 24.5 Å². The lowest BCUT2D eigenvalue weighted by molar-refractivity contribution is -0.165. The SMILES string of the molecule is O=C(CC1CCN(c2ccncc2)CC1)C(=O)ONC(=O)C1CCCNNC1. The number of hydroxylamine groups is 1. The molecule has 2 aliphatic heterocycles. The topological polar surface area (TPSA) is 113 Å². The normalized spacial score (nSPS) is 20.9. The Balaban J connectivity index is 1.37. The van der Waals surface area contributed by atoms with Gasteiger partial charge in [-0.15, -0.1) is 0 Å². The van der Waals surface area contributed by atoms with Crippen LogP contribution in [-0.2, 0) is 19.2 Å². The number of hydrazine groups is 1. The monoisotopic (exact) mass is 389 g/mol. The van der Waals surface area contributed by atoms with E-state index in [1.165, 1.54) is 0 Å². The number of pyridine rings is 1. The largest absolute Gasteiger partial charge is 0.398 e. The van der Waals surface area contributed by atoms with Crippen LogP contribution < -0.4 is 21.2 Å². The summed E-state index contributed by atoms with van der Waals surface area (Å²) in [4.78, 5) is 47.1. The molecule has 1 aromatic rings. The van der Waals surface area contributed by atoms with Crippen molar-refractivity contribution >= 4 is 23.3 Å². The van der Waals surface area contributed by atoms with Crippen LogP contribution in [0.3, 0.4) is 0 Å². The molecule has 0 aliphatic carbocycles. The number of carbonyl (C=O) groups excluding carboxylic acids is 3. The van der Waals surface area contributed by atoms with Crippen molar-refractivity contribution in [3.8, 4) is 0 Å². The van der Waals surface area contributed by atoms with Gasteiger partial charge in [-0.2, -0.15) is 5.48 Å². The number of nitrogens with one attached hydrogen (secondary N) is 3. The zero-order chi connectivity index (χ0) is 19.8. The first-order valence-electron chi connectivity index (χ1n) is 9.78. The summed E-state index contributed by atoms with van der Waals surface area (Å²) in [5, 5.41) is 0. The molecule has 3 N–H and O–H groups in total. The van der Waals surface area contributed by atoms with E-state index in [1.807, 2.05) is 12.1 Å². The van der Waals surface area contributed by atoms with Crippen molar-refractivity contribution in [3.63, 3.8) is 0 Å². The molecule has 0 bridgehead atoms. The summed E-state index contributed by atoms with van der Waals surface area (Å²) >= 11 is 0. The van der Waals surface area contributed by atoms with Crippen LogP contribution in [0, 0.1) is 11.8 Å². The van der Waals surface area contributed by atoms with E-state index in [4.69, 9.17) is 4.84 Å². The zero-order valence-electron chi connectivity index (χ0n) is 15.9. The van der Waals surface area contributed by atoms with Crippen molar-refractivity contribution in [2.75, 3.05) is 31.1 Å². The van der Waals surface area contributed by atoms with E-state index in [0.717, 1.165) is 44.6 Å². The van der Waals surface area contributed by atoms with Crippen molar-refractivity contribution in [1.29, 1.82) is 0 Å². The Labute approximate surface area is 164 Å². The molecule has 1 unspecified atom stereocenters. The summed E-state index contributed by atoms with van der Waals surface area (Å²) in [6.45, 7) is 2.89. The number of amides is 1. The van der Waals surface area contributed by atoms with E-state index < -0.39 is 11.8 Å². The summed E-state index contributed by atoms with van der Waals surface area (Å²) in [7, 11) is 0. The smallest absolute Gasteiger partial charge is 0.371 e. The van der Waals surface area contributed by atoms with Crippen LogP contribution >= 0.6 is 0 Å². The van der Waals surface area contributed by atoms with E-state index in [1.54, 1.807) is 12.4 Å². The molecule has 3 rings (SSSR count). The van der Waals surface area contributed by atoms with Gasteiger partial charge in [-0.05, 0) is 43.7 Å². The molecular formula is C19H27N5O4. The number of hydrogen-bond donors (Lipinski definition) is 3. The van der Waals surface area contributed by atoms with Crippen LogP contribution in [0.25, 0.3) is 0 Å². The molecule has 28 heavy (non-hydrogen) atoms. The third kappa shape index (κ3) is 5.74. The van der Waals surface area contributed by atoms with Gasteiger partial charge in [0.25, 0.3) is 5.91 Å². The molecule has 1 atom stereocenters. The Kier molecular flexibility index (Phi) is 7.32. The number of carbonyl (C=O) groups is 3. The summed E-state index contributed by atoms with van der Waals surface area (Å²) < 4.78 is 0. The van der Waals surface area contributed by atoms with Crippen molar-refractivity contribution in [2.45, 2.75) is 32.1 Å². The molecule has 9 heteroatoms. The third-order valence-electron chi connectivity index (χ3n) is 5.29. The van der Waals surface area contributed by atoms with Gasteiger partial charge >= 0.3 is 5.97 Å². The Morgan fingerprint density at radius 3 is 2.64 bits per heavy atom. The Hall–Kier alpha value is -2.52. The number of rotatable bonds is 5. The summed E-state index contributed by atoms with van der Waals surface area (Å²) in [5.41, 5.74) is 9.16. The summed E-state index contributed by atoms with van der Waals surface area (Å²) in [6, 6.07) is 3.93. The molecule has 2 saturated heterocycles. The second kappa shape index (κ2) is 10.1. The first-order chi connectivity index (χ1) is 13.6. The molecule has 2 fully saturated rings. The van der Waals surface area contributed by atoms with Gasteiger partial charge in [-0.25, -0.2) is 4.79 Å². The number of aromatic nitrogens is 1. The van der Waals surface area contributed by atoms with Crippen LogP contribution in [0.2, 0.25) is 0 Å². The molecule has 152 valence electrons. The molecule has 0 saturated carbocycles. The van der Waals surface area contributed by atoms with Crippen molar-refractivity contribution < 1.29 is 19.2 Å². The lowest BCUT2D eigenvalue weighted by Crippen LogP contribution is -2.41. The Morgan fingerprint density at radius 1 is 1.14 bits per heavy atom. The zero-order valence-corrected chi connectivity index (χ0v) is 15.9. The van der Waals surface area contributed by atoms with Gasteiger partial charge in [-0.1, -0.05) is 0 Å². The average Bonchev–Trinajstić information content (AvgIpc) is 3.02. The van der Waals surface area contributed by atoms with Gasteiger partial charge < -0.3 is 9.74 Å². The highest BCUT2D eigenvalue weighted by molar-refractivity contribution is 6.33. The fraction of sp³-hybridized carbons (Fsp3) is 0.579. The van der Waals surface area contributed by atoms with E-state index in [2.05, 4.69) is 26.2 Å². The van der Waals surface area contributed by atoms with Gasteiger partial charge in [0.2, 0.25) is 5.78 Å². The van der Waals surface area contributed by atoms with E-state index in [9.17, 15) is 14.4 Å². The third-order valence-corrected chi connectivity index (χ3v) is 5.29. The molecule has 2 aliphatic rings. The summed E-state index contributed by atoms with van der Waals surface area (Å²) in [6.07, 6.45) is 6.86. The molecule has 9 nitrogen and oxygen atoms in total. The first-order valence-corrected chi connectivity index (χ1v) is 9.78. The highest BCUT2D eigenvalue weighted by Gasteiger charge is 2.27. The molecule has 0 spiro atoms. The van der Waals surface area contributed by atoms with E-state index in [-0.39, 0.29) is 24.2 Å². The molecular weight excluding hydrogens is 362 g/mol. The number of Topliss-reactive ketones (excluding diaryl/α,β-unsaturated/α-hetero) is 1. The van der Waals surface area contributed by atoms with Crippen LogP contribution in [0.1, 0.15) is 32.1 Å². The predicted molar refractivity (Wildman–Crippen MR) is 102 cm³/mol. The minimum Gasteiger partial charge on any atom is -0.371 e. The lowest BCUT2D eigenvalue weighted by Gasteiger charge is -2.33. The number of piperidine rings is 1.